The summed E-state index contributed by atoms with van der Waals surface area (Å²) in [7, 11) is 0. The van der Waals surface area contributed by atoms with Crippen LogP contribution < -0.4 is 20.1 Å². The standard InChI is InChI=1S/C22H22F4N2O4/c23-21(24)31-17-10-3-1-8-15(17)27-19(29)13-6-5-7-14(12-13)20(30)28-16-9-2-4-11-18(16)32-22(25)26/h1-4,8-11,13-14,21-22H,5-7,12H2,(H,27,29)(H,28,30). The van der Waals surface area contributed by atoms with E-state index in [1.807, 2.05) is 0 Å². The van der Waals surface area contributed by atoms with E-state index < -0.39 is 36.9 Å². The SMILES string of the molecule is O=C(Nc1ccccc1OC(F)F)C1CCCC(C(=O)Nc2ccccc2OC(F)F)C1. The zero-order valence-corrected chi connectivity index (χ0v) is 16.9. The molecule has 3 rings (SSSR count). The smallest absolute Gasteiger partial charge is 0.387 e. The Morgan fingerprint density at radius 3 is 1.56 bits per heavy atom. The van der Waals surface area contributed by atoms with Gasteiger partial charge in [-0.05, 0) is 43.5 Å². The van der Waals surface area contributed by atoms with E-state index in [1.165, 1.54) is 36.4 Å². The molecule has 0 aromatic heterocycles. The summed E-state index contributed by atoms with van der Waals surface area (Å²) in [5.74, 6) is -2.17. The number of rotatable bonds is 8. The molecule has 0 bridgehead atoms. The molecule has 1 aliphatic carbocycles. The summed E-state index contributed by atoms with van der Waals surface area (Å²) in [6.45, 7) is -6.07. The van der Waals surface area contributed by atoms with E-state index >= 15 is 0 Å². The summed E-state index contributed by atoms with van der Waals surface area (Å²) in [6, 6.07) is 11.7. The van der Waals surface area contributed by atoms with Crippen LogP contribution >= 0.6 is 0 Å². The van der Waals surface area contributed by atoms with Crippen LogP contribution in [0, 0.1) is 11.8 Å². The third-order valence-electron chi connectivity index (χ3n) is 5.14. The van der Waals surface area contributed by atoms with E-state index in [2.05, 4.69) is 20.1 Å². The van der Waals surface area contributed by atoms with Gasteiger partial charge in [-0.1, -0.05) is 30.7 Å². The topological polar surface area (TPSA) is 76.7 Å². The molecule has 0 spiro atoms. The number of ether oxygens (including phenoxy) is 2. The molecule has 0 heterocycles. The number of alkyl halides is 4. The molecule has 172 valence electrons. The Bertz CT molecular complexity index is 868. The van der Waals surface area contributed by atoms with Crippen LogP contribution in [0.2, 0.25) is 0 Å². The molecule has 0 aliphatic heterocycles. The largest absolute Gasteiger partial charge is 0.433 e. The number of halogens is 4. The first-order valence-corrected chi connectivity index (χ1v) is 10.0. The maximum Gasteiger partial charge on any atom is 0.387 e. The van der Waals surface area contributed by atoms with Crippen molar-refractivity contribution in [1.29, 1.82) is 0 Å². The zero-order chi connectivity index (χ0) is 23.1. The van der Waals surface area contributed by atoms with Crippen molar-refractivity contribution in [2.24, 2.45) is 11.8 Å². The molecular formula is C22H22F4N2O4. The molecule has 0 saturated heterocycles. The number of amides is 2. The molecule has 2 aromatic rings. The number of anilines is 2. The van der Waals surface area contributed by atoms with Crippen molar-refractivity contribution in [2.45, 2.75) is 38.9 Å². The molecule has 1 fully saturated rings. The number of hydrogen-bond acceptors (Lipinski definition) is 4. The van der Waals surface area contributed by atoms with E-state index in [0.717, 1.165) is 0 Å². The minimum absolute atomic E-state index is 0.113. The van der Waals surface area contributed by atoms with Crippen molar-refractivity contribution >= 4 is 23.2 Å². The van der Waals surface area contributed by atoms with Crippen LogP contribution in [0.1, 0.15) is 25.7 Å². The Morgan fingerprint density at radius 2 is 1.16 bits per heavy atom. The highest BCUT2D eigenvalue weighted by atomic mass is 19.3. The second kappa shape index (κ2) is 10.8. The van der Waals surface area contributed by atoms with E-state index in [4.69, 9.17) is 0 Å². The van der Waals surface area contributed by atoms with Crippen LogP contribution in [0.25, 0.3) is 0 Å². The maximum atomic E-state index is 12.7. The predicted octanol–water partition coefficient (Wildman–Crippen LogP) is 5.27. The van der Waals surface area contributed by atoms with Crippen LogP contribution in [-0.2, 0) is 9.59 Å². The molecule has 2 unspecified atom stereocenters. The Hall–Kier alpha value is -3.30. The van der Waals surface area contributed by atoms with Gasteiger partial charge in [-0.25, -0.2) is 0 Å². The van der Waals surface area contributed by atoms with Gasteiger partial charge in [-0.2, -0.15) is 17.6 Å². The second-order valence-corrected chi connectivity index (χ2v) is 7.29. The number of carbonyl (C=O) groups is 2. The van der Waals surface area contributed by atoms with Crippen LogP contribution in [0.4, 0.5) is 28.9 Å². The van der Waals surface area contributed by atoms with Crippen LogP contribution in [-0.4, -0.2) is 25.0 Å². The molecular weight excluding hydrogens is 432 g/mol. The molecule has 2 atom stereocenters. The first-order chi connectivity index (χ1) is 15.3. The second-order valence-electron chi connectivity index (χ2n) is 7.29. The minimum atomic E-state index is -3.03. The van der Waals surface area contributed by atoms with Gasteiger partial charge in [0.1, 0.15) is 11.5 Å². The van der Waals surface area contributed by atoms with Gasteiger partial charge in [-0.15, -0.1) is 0 Å². The van der Waals surface area contributed by atoms with Gasteiger partial charge >= 0.3 is 13.2 Å². The van der Waals surface area contributed by atoms with E-state index in [-0.39, 0.29) is 29.3 Å². The van der Waals surface area contributed by atoms with Gasteiger partial charge in [0, 0.05) is 11.8 Å². The monoisotopic (exact) mass is 454 g/mol. The van der Waals surface area contributed by atoms with E-state index in [9.17, 15) is 27.2 Å². The van der Waals surface area contributed by atoms with E-state index in [0.29, 0.717) is 19.3 Å². The lowest BCUT2D eigenvalue weighted by molar-refractivity contribution is -0.124. The molecule has 2 N–H and O–H groups in total. The van der Waals surface area contributed by atoms with Gasteiger partial charge in [-0.3, -0.25) is 9.59 Å². The highest BCUT2D eigenvalue weighted by Gasteiger charge is 2.32. The Morgan fingerprint density at radius 1 is 0.750 bits per heavy atom. The third-order valence-corrected chi connectivity index (χ3v) is 5.14. The number of para-hydroxylation sites is 4. The number of nitrogens with one attached hydrogen (secondary N) is 2. The molecule has 2 amide bonds. The van der Waals surface area contributed by atoms with Crippen molar-refractivity contribution in [3.63, 3.8) is 0 Å². The van der Waals surface area contributed by atoms with Crippen molar-refractivity contribution in [1.82, 2.24) is 0 Å². The fourth-order valence-electron chi connectivity index (χ4n) is 3.67. The van der Waals surface area contributed by atoms with Crippen molar-refractivity contribution in [3.8, 4) is 11.5 Å². The number of benzene rings is 2. The van der Waals surface area contributed by atoms with Crippen molar-refractivity contribution < 1.29 is 36.6 Å². The first kappa shape index (κ1) is 23.4. The lowest BCUT2D eigenvalue weighted by atomic mass is 9.80. The first-order valence-electron chi connectivity index (χ1n) is 10.0. The van der Waals surface area contributed by atoms with E-state index in [1.54, 1.807) is 12.1 Å². The van der Waals surface area contributed by atoms with Crippen molar-refractivity contribution in [3.05, 3.63) is 48.5 Å². The minimum Gasteiger partial charge on any atom is -0.433 e. The van der Waals surface area contributed by atoms with Crippen LogP contribution in [0.5, 0.6) is 11.5 Å². The summed E-state index contributed by atoms with van der Waals surface area (Å²) < 4.78 is 59.2. The lowest BCUT2D eigenvalue weighted by Crippen LogP contribution is -2.33. The average Bonchev–Trinajstić information content (AvgIpc) is 2.76. The fourth-order valence-corrected chi connectivity index (χ4v) is 3.67. The molecule has 6 nitrogen and oxygen atoms in total. The van der Waals surface area contributed by atoms with Gasteiger partial charge in [0.05, 0.1) is 11.4 Å². The molecule has 32 heavy (non-hydrogen) atoms. The van der Waals surface area contributed by atoms with Crippen LogP contribution in [0.3, 0.4) is 0 Å². The van der Waals surface area contributed by atoms with Gasteiger partial charge < -0.3 is 20.1 Å². The Labute approximate surface area is 181 Å². The Balaban J connectivity index is 1.63. The van der Waals surface area contributed by atoms with Crippen LogP contribution in [0.15, 0.2) is 48.5 Å². The average molecular weight is 454 g/mol. The van der Waals surface area contributed by atoms with Gasteiger partial charge in [0.2, 0.25) is 11.8 Å². The molecule has 10 heteroatoms. The summed E-state index contributed by atoms with van der Waals surface area (Å²) >= 11 is 0. The molecule has 1 saturated carbocycles. The third kappa shape index (κ3) is 6.35. The lowest BCUT2D eigenvalue weighted by Gasteiger charge is -2.28. The summed E-state index contributed by atoms with van der Waals surface area (Å²) in [4.78, 5) is 25.4. The quantitative estimate of drug-likeness (QED) is 0.533. The molecule has 1 aliphatic rings. The normalized spacial score (nSPS) is 18.3. The zero-order valence-electron chi connectivity index (χ0n) is 16.9. The number of carbonyl (C=O) groups excluding carboxylic acids is 2. The van der Waals surface area contributed by atoms with Crippen molar-refractivity contribution in [2.75, 3.05) is 10.6 Å². The Kier molecular flexibility index (Phi) is 7.91. The molecule has 2 aromatic carbocycles. The number of hydrogen-bond donors (Lipinski definition) is 2. The van der Waals surface area contributed by atoms with Gasteiger partial charge in [0.25, 0.3) is 0 Å². The highest BCUT2D eigenvalue weighted by molar-refractivity contribution is 5.96. The van der Waals surface area contributed by atoms with Gasteiger partial charge in [0.15, 0.2) is 0 Å². The molecule has 0 radical (unpaired) electrons. The predicted molar refractivity (Wildman–Crippen MR) is 109 cm³/mol. The summed E-state index contributed by atoms with van der Waals surface area (Å²) in [6.07, 6.45) is 1.88. The maximum absolute atomic E-state index is 12.7. The summed E-state index contributed by atoms with van der Waals surface area (Å²) in [5, 5.41) is 5.19. The summed E-state index contributed by atoms with van der Waals surface area (Å²) in [5.41, 5.74) is 0.227. The fraction of sp³-hybridized carbons (Fsp3) is 0.364. The highest BCUT2D eigenvalue weighted by Crippen LogP contribution is 2.34.